The molecule has 2 N–H and O–H groups in total. The molecule has 0 unspecified atom stereocenters. The fourth-order valence-electron chi connectivity index (χ4n) is 2.78. The normalized spacial score (nSPS) is 15.6. The van der Waals surface area contributed by atoms with E-state index in [0.29, 0.717) is 6.54 Å². The summed E-state index contributed by atoms with van der Waals surface area (Å²) in [5, 5.41) is 6.74. The average Bonchev–Trinajstić information content (AvgIpc) is 2.61. The van der Waals surface area contributed by atoms with Gasteiger partial charge in [-0.3, -0.25) is 4.90 Å². The van der Waals surface area contributed by atoms with Crippen molar-refractivity contribution in [3.05, 3.63) is 35.4 Å². The second-order valence-electron chi connectivity index (χ2n) is 6.63. The number of ether oxygens (including phenoxy) is 1. The number of hydrogen-bond acceptors (Lipinski definition) is 4. The summed E-state index contributed by atoms with van der Waals surface area (Å²) in [5.74, 6) is 0.883. The van der Waals surface area contributed by atoms with E-state index in [-0.39, 0.29) is 24.0 Å². The molecule has 1 fully saturated rings. The summed E-state index contributed by atoms with van der Waals surface area (Å²) in [6.07, 6.45) is 0. The van der Waals surface area contributed by atoms with E-state index in [4.69, 9.17) is 9.73 Å². The molecule has 2 rings (SSSR count). The van der Waals surface area contributed by atoms with Gasteiger partial charge in [0.2, 0.25) is 0 Å². The molecule has 0 bridgehead atoms. The Bertz CT molecular complexity index is 515. The van der Waals surface area contributed by atoms with Crippen molar-refractivity contribution in [3.63, 3.8) is 0 Å². The number of benzene rings is 1. The first-order valence-corrected chi connectivity index (χ1v) is 9.22. The van der Waals surface area contributed by atoms with Gasteiger partial charge in [0.1, 0.15) is 0 Å². The fraction of sp³-hybridized carbons (Fsp3) is 0.632. The third kappa shape index (κ3) is 9.16. The number of rotatable bonds is 8. The van der Waals surface area contributed by atoms with Crippen molar-refractivity contribution in [3.8, 4) is 0 Å². The van der Waals surface area contributed by atoms with Gasteiger partial charge in [-0.05, 0) is 32.1 Å². The summed E-state index contributed by atoms with van der Waals surface area (Å²) in [5.41, 5.74) is 2.56. The third-order valence-corrected chi connectivity index (χ3v) is 4.11. The maximum absolute atomic E-state index is 5.38. The zero-order chi connectivity index (χ0) is 17.9. The van der Waals surface area contributed by atoms with Gasteiger partial charge < -0.3 is 20.3 Å². The SMILES string of the molecule is CCNC(=NCc1ccc(CN(C)C)cc1)NCCN1CCOCC1.I. The molecule has 6 nitrogen and oxygen atoms in total. The van der Waals surface area contributed by atoms with Gasteiger partial charge in [-0.15, -0.1) is 24.0 Å². The number of hydrogen-bond donors (Lipinski definition) is 2. The number of guanidine groups is 1. The first kappa shape index (κ1) is 23.1. The first-order valence-electron chi connectivity index (χ1n) is 9.22. The van der Waals surface area contributed by atoms with E-state index >= 15 is 0 Å². The van der Waals surface area contributed by atoms with Crippen LogP contribution in [-0.2, 0) is 17.8 Å². The Kier molecular flexibility index (Phi) is 11.8. The van der Waals surface area contributed by atoms with Gasteiger partial charge in [-0.1, -0.05) is 24.3 Å². The Morgan fingerprint density at radius 2 is 1.77 bits per heavy atom. The largest absolute Gasteiger partial charge is 0.379 e. The molecule has 1 aromatic rings. The highest BCUT2D eigenvalue weighted by Gasteiger charge is 2.09. The highest BCUT2D eigenvalue weighted by atomic mass is 127. The third-order valence-electron chi connectivity index (χ3n) is 4.11. The van der Waals surface area contributed by atoms with Crippen LogP contribution in [0, 0.1) is 0 Å². The minimum Gasteiger partial charge on any atom is -0.379 e. The number of halogens is 1. The zero-order valence-corrected chi connectivity index (χ0v) is 18.7. The zero-order valence-electron chi connectivity index (χ0n) is 16.3. The Hall–Kier alpha value is -0.900. The topological polar surface area (TPSA) is 52.1 Å². The molecule has 7 heteroatoms. The fourth-order valence-corrected chi connectivity index (χ4v) is 2.78. The molecule has 1 aliphatic heterocycles. The van der Waals surface area contributed by atoms with Crippen molar-refractivity contribution in [1.82, 2.24) is 20.4 Å². The lowest BCUT2D eigenvalue weighted by Gasteiger charge is -2.26. The summed E-state index contributed by atoms with van der Waals surface area (Å²) >= 11 is 0. The Morgan fingerprint density at radius 1 is 1.12 bits per heavy atom. The standard InChI is InChI=1S/C19H33N5O.HI/c1-4-20-19(21-9-10-24-11-13-25-14-12-24)22-15-17-5-7-18(8-6-17)16-23(2)3;/h5-8H,4,9-16H2,1-3H3,(H2,20,21,22);1H. The van der Waals surface area contributed by atoms with Crippen LogP contribution in [0.5, 0.6) is 0 Å². The highest BCUT2D eigenvalue weighted by molar-refractivity contribution is 14.0. The predicted octanol–water partition coefficient (Wildman–Crippen LogP) is 1.75. The van der Waals surface area contributed by atoms with Crippen LogP contribution in [0.1, 0.15) is 18.1 Å². The molecule has 148 valence electrons. The van der Waals surface area contributed by atoms with Crippen LogP contribution in [0.3, 0.4) is 0 Å². The van der Waals surface area contributed by atoms with Gasteiger partial charge in [0.15, 0.2) is 5.96 Å². The lowest BCUT2D eigenvalue weighted by Crippen LogP contribution is -2.44. The van der Waals surface area contributed by atoms with Crippen LogP contribution in [0.4, 0.5) is 0 Å². The molecule has 0 radical (unpaired) electrons. The van der Waals surface area contributed by atoms with Crippen molar-refractivity contribution in [2.24, 2.45) is 4.99 Å². The van der Waals surface area contributed by atoms with Crippen LogP contribution in [0.25, 0.3) is 0 Å². The Balaban J connectivity index is 0.00000338. The van der Waals surface area contributed by atoms with Gasteiger partial charge in [-0.2, -0.15) is 0 Å². The van der Waals surface area contributed by atoms with E-state index in [1.807, 2.05) is 0 Å². The highest BCUT2D eigenvalue weighted by Crippen LogP contribution is 2.07. The van der Waals surface area contributed by atoms with Gasteiger partial charge >= 0.3 is 0 Å². The molecule has 0 amide bonds. The molecule has 0 aliphatic carbocycles. The molecule has 1 saturated heterocycles. The van der Waals surface area contributed by atoms with Crippen molar-refractivity contribution < 1.29 is 4.74 Å². The van der Waals surface area contributed by atoms with E-state index in [0.717, 1.165) is 58.4 Å². The lowest BCUT2D eigenvalue weighted by atomic mass is 10.1. The molecule has 0 atom stereocenters. The minimum atomic E-state index is 0. The van der Waals surface area contributed by atoms with E-state index in [9.17, 15) is 0 Å². The molecule has 0 saturated carbocycles. The summed E-state index contributed by atoms with van der Waals surface area (Å²) in [7, 11) is 4.17. The van der Waals surface area contributed by atoms with E-state index in [1.54, 1.807) is 0 Å². The summed E-state index contributed by atoms with van der Waals surface area (Å²) in [6, 6.07) is 8.70. The molecule has 1 heterocycles. The second-order valence-corrected chi connectivity index (χ2v) is 6.63. The second kappa shape index (κ2) is 13.3. The quantitative estimate of drug-likeness (QED) is 0.341. The van der Waals surface area contributed by atoms with Gasteiger partial charge in [-0.25, -0.2) is 4.99 Å². The van der Waals surface area contributed by atoms with Gasteiger partial charge in [0, 0.05) is 39.3 Å². The number of aliphatic imine (C=N–C) groups is 1. The molecular weight excluding hydrogens is 441 g/mol. The molecule has 1 aliphatic rings. The predicted molar refractivity (Wildman–Crippen MR) is 119 cm³/mol. The lowest BCUT2D eigenvalue weighted by molar-refractivity contribution is 0.0389. The van der Waals surface area contributed by atoms with E-state index in [2.05, 4.69) is 65.7 Å². The minimum absolute atomic E-state index is 0. The number of nitrogens with zero attached hydrogens (tertiary/aromatic N) is 3. The summed E-state index contributed by atoms with van der Waals surface area (Å²) in [4.78, 5) is 9.29. The maximum atomic E-state index is 5.38. The summed E-state index contributed by atoms with van der Waals surface area (Å²) in [6.45, 7) is 10.3. The van der Waals surface area contributed by atoms with E-state index < -0.39 is 0 Å². The molecule has 0 aromatic heterocycles. The van der Waals surface area contributed by atoms with Crippen LogP contribution in [0.15, 0.2) is 29.3 Å². The molecule has 0 spiro atoms. The Labute approximate surface area is 175 Å². The Morgan fingerprint density at radius 3 is 2.38 bits per heavy atom. The van der Waals surface area contributed by atoms with Crippen LogP contribution in [-0.4, -0.2) is 75.8 Å². The molecule has 26 heavy (non-hydrogen) atoms. The van der Waals surface area contributed by atoms with Crippen LogP contribution in [0.2, 0.25) is 0 Å². The first-order chi connectivity index (χ1) is 12.2. The van der Waals surface area contributed by atoms with E-state index in [1.165, 1.54) is 11.1 Å². The van der Waals surface area contributed by atoms with Crippen molar-refractivity contribution >= 4 is 29.9 Å². The van der Waals surface area contributed by atoms with Crippen molar-refractivity contribution in [2.45, 2.75) is 20.0 Å². The summed E-state index contributed by atoms with van der Waals surface area (Å²) < 4.78 is 5.38. The monoisotopic (exact) mass is 475 g/mol. The maximum Gasteiger partial charge on any atom is 0.191 e. The van der Waals surface area contributed by atoms with Crippen molar-refractivity contribution in [2.75, 3.05) is 60.0 Å². The van der Waals surface area contributed by atoms with Gasteiger partial charge in [0.25, 0.3) is 0 Å². The number of morpholine rings is 1. The molecule has 1 aromatic carbocycles. The number of nitrogens with one attached hydrogen (secondary N) is 2. The molecular formula is C19H34IN5O. The van der Waals surface area contributed by atoms with Crippen LogP contribution >= 0.6 is 24.0 Å². The average molecular weight is 475 g/mol. The smallest absolute Gasteiger partial charge is 0.191 e. The van der Waals surface area contributed by atoms with Crippen LogP contribution < -0.4 is 10.6 Å². The van der Waals surface area contributed by atoms with Crippen molar-refractivity contribution in [1.29, 1.82) is 0 Å². The van der Waals surface area contributed by atoms with Gasteiger partial charge in [0.05, 0.1) is 19.8 Å².